The molecule has 3 aromatic rings. The topological polar surface area (TPSA) is 74.5 Å². The molecule has 0 unspecified atom stereocenters. The molecule has 2 aromatic heterocycles. The van der Waals surface area contributed by atoms with Gasteiger partial charge in [-0.05, 0) is 76.6 Å². The van der Waals surface area contributed by atoms with E-state index in [1.165, 1.54) is 38.9 Å². The number of pyridine rings is 1. The third-order valence-electron chi connectivity index (χ3n) is 8.39. The monoisotopic (exact) mass is 473 g/mol. The fourth-order valence-electron chi connectivity index (χ4n) is 6.24. The lowest BCUT2D eigenvalue weighted by molar-refractivity contribution is 0.0690. The van der Waals surface area contributed by atoms with Crippen molar-refractivity contribution in [2.24, 2.45) is 5.92 Å². The summed E-state index contributed by atoms with van der Waals surface area (Å²) >= 11 is 0. The van der Waals surface area contributed by atoms with E-state index in [4.69, 9.17) is 10.1 Å². The van der Waals surface area contributed by atoms with Crippen molar-refractivity contribution in [1.29, 1.82) is 0 Å². The Morgan fingerprint density at radius 2 is 1.71 bits per heavy atom. The van der Waals surface area contributed by atoms with Crippen molar-refractivity contribution in [2.75, 3.05) is 37.6 Å². The third-order valence-corrected chi connectivity index (χ3v) is 8.39. The van der Waals surface area contributed by atoms with Crippen LogP contribution in [0.15, 0.2) is 30.3 Å². The molecule has 1 aromatic carbocycles. The molecule has 1 saturated carbocycles. The van der Waals surface area contributed by atoms with Crippen molar-refractivity contribution in [3.8, 4) is 5.69 Å². The van der Waals surface area contributed by atoms with E-state index >= 15 is 0 Å². The fourth-order valence-corrected chi connectivity index (χ4v) is 6.24. The standard InChI is InChI=1S/C28H35N5O2/c1-19-24(28(34)35)29-27-23(25(21-8-7-9-21)30-33(27)22-10-3-2-4-11-22)26(19)32-16-12-20(13-17-32)18-31-14-5-6-15-31/h2-4,10-11,20-21H,5-9,12-18H2,1H3,(H,34,35). The molecular formula is C28H35N5O2. The van der Waals surface area contributed by atoms with Gasteiger partial charge in [0.1, 0.15) is 0 Å². The summed E-state index contributed by atoms with van der Waals surface area (Å²) in [5, 5.41) is 16.2. The molecule has 0 radical (unpaired) electrons. The predicted molar refractivity (Wildman–Crippen MR) is 138 cm³/mol. The van der Waals surface area contributed by atoms with Crippen molar-refractivity contribution in [3.05, 3.63) is 47.3 Å². The molecule has 7 heteroatoms. The second-order valence-corrected chi connectivity index (χ2v) is 10.6. The van der Waals surface area contributed by atoms with E-state index in [1.54, 1.807) is 0 Å². The summed E-state index contributed by atoms with van der Waals surface area (Å²) in [6, 6.07) is 10.00. The minimum atomic E-state index is -0.972. The number of fused-ring (bicyclic) bond motifs is 1. The van der Waals surface area contributed by atoms with Gasteiger partial charge in [-0.3, -0.25) is 0 Å². The van der Waals surface area contributed by atoms with Gasteiger partial charge in [-0.2, -0.15) is 5.10 Å². The van der Waals surface area contributed by atoms with E-state index in [-0.39, 0.29) is 5.69 Å². The molecule has 4 heterocycles. The number of carbonyl (C=O) groups is 1. The highest BCUT2D eigenvalue weighted by molar-refractivity contribution is 6.01. The number of nitrogens with zero attached hydrogens (tertiary/aromatic N) is 5. The Hall–Kier alpha value is -2.93. The molecule has 0 bridgehead atoms. The van der Waals surface area contributed by atoms with Crippen LogP contribution in [0.5, 0.6) is 0 Å². The Kier molecular flexibility index (Phi) is 5.96. The Bertz CT molecular complexity index is 1220. The average Bonchev–Trinajstić information content (AvgIpc) is 3.47. The molecule has 1 N–H and O–H groups in total. The van der Waals surface area contributed by atoms with E-state index in [0.717, 1.165) is 72.7 Å². The SMILES string of the molecule is Cc1c(C(=O)O)nc2c(c(C3CCC3)nn2-c2ccccc2)c1N1CCC(CN2CCCC2)CC1. The number of carboxylic acid groups (broad SMARTS) is 1. The van der Waals surface area contributed by atoms with E-state index < -0.39 is 5.97 Å². The third kappa shape index (κ3) is 4.10. The fraction of sp³-hybridized carbons (Fsp3) is 0.536. The van der Waals surface area contributed by atoms with Gasteiger partial charge in [-0.1, -0.05) is 24.6 Å². The molecular weight excluding hydrogens is 438 g/mol. The van der Waals surface area contributed by atoms with Crippen LogP contribution in [0.25, 0.3) is 16.7 Å². The van der Waals surface area contributed by atoms with Gasteiger partial charge in [0, 0.05) is 31.1 Å². The zero-order chi connectivity index (χ0) is 23.9. The normalized spacial score (nSPS) is 20.0. The molecule has 0 spiro atoms. The highest BCUT2D eigenvalue weighted by Gasteiger charge is 2.33. The number of para-hydroxylation sites is 1. The lowest BCUT2D eigenvalue weighted by Crippen LogP contribution is -2.38. The minimum absolute atomic E-state index is 0.143. The van der Waals surface area contributed by atoms with Gasteiger partial charge in [-0.25, -0.2) is 14.5 Å². The zero-order valence-electron chi connectivity index (χ0n) is 20.6. The summed E-state index contributed by atoms with van der Waals surface area (Å²) in [5.41, 5.74) is 4.66. The van der Waals surface area contributed by atoms with Crippen LogP contribution in [-0.2, 0) is 0 Å². The first-order valence-electron chi connectivity index (χ1n) is 13.3. The van der Waals surface area contributed by atoms with Crippen LogP contribution in [0.4, 0.5) is 5.69 Å². The first-order valence-corrected chi connectivity index (χ1v) is 13.3. The van der Waals surface area contributed by atoms with Crippen LogP contribution in [0.2, 0.25) is 0 Å². The quantitative estimate of drug-likeness (QED) is 0.543. The molecule has 1 aliphatic carbocycles. The predicted octanol–water partition coefficient (Wildman–Crippen LogP) is 5.01. The van der Waals surface area contributed by atoms with Gasteiger partial charge in [0.15, 0.2) is 11.3 Å². The van der Waals surface area contributed by atoms with E-state index in [9.17, 15) is 9.90 Å². The van der Waals surface area contributed by atoms with Gasteiger partial charge < -0.3 is 14.9 Å². The highest BCUT2D eigenvalue weighted by Crippen LogP contribution is 2.44. The maximum Gasteiger partial charge on any atom is 0.354 e. The summed E-state index contributed by atoms with van der Waals surface area (Å²) in [5.74, 6) is 0.172. The summed E-state index contributed by atoms with van der Waals surface area (Å²) in [7, 11) is 0. The van der Waals surface area contributed by atoms with Crippen LogP contribution >= 0.6 is 0 Å². The molecule has 0 amide bonds. The molecule has 2 aliphatic heterocycles. The van der Waals surface area contributed by atoms with Crippen molar-refractivity contribution in [1.82, 2.24) is 19.7 Å². The van der Waals surface area contributed by atoms with E-state index in [0.29, 0.717) is 11.6 Å². The summed E-state index contributed by atoms with van der Waals surface area (Å²) in [6.45, 7) is 7.55. The lowest BCUT2D eigenvalue weighted by atomic mass is 9.81. The number of anilines is 1. The van der Waals surface area contributed by atoms with Crippen LogP contribution < -0.4 is 4.90 Å². The van der Waals surface area contributed by atoms with Gasteiger partial charge in [0.05, 0.1) is 22.5 Å². The van der Waals surface area contributed by atoms with Gasteiger partial charge >= 0.3 is 5.97 Å². The number of benzene rings is 1. The first-order chi connectivity index (χ1) is 17.1. The Morgan fingerprint density at radius 3 is 2.34 bits per heavy atom. The van der Waals surface area contributed by atoms with Crippen molar-refractivity contribution in [3.63, 3.8) is 0 Å². The number of likely N-dealkylation sites (tertiary alicyclic amines) is 1. The number of rotatable bonds is 6. The molecule has 0 atom stereocenters. The van der Waals surface area contributed by atoms with Crippen molar-refractivity contribution < 1.29 is 9.90 Å². The first kappa shape index (κ1) is 22.5. The van der Waals surface area contributed by atoms with Crippen molar-refractivity contribution in [2.45, 2.75) is 57.8 Å². The minimum Gasteiger partial charge on any atom is -0.476 e. The average molecular weight is 474 g/mol. The van der Waals surface area contributed by atoms with Gasteiger partial charge in [-0.15, -0.1) is 0 Å². The molecule has 2 saturated heterocycles. The number of piperidine rings is 1. The van der Waals surface area contributed by atoms with Gasteiger partial charge in [0.25, 0.3) is 0 Å². The zero-order valence-corrected chi connectivity index (χ0v) is 20.6. The number of carboxylic acids is 1. The number of hydrogen-bond acceptors (Lipinski definition) is 5. The molecule has 3 fully saturated rings. The Labute approximate surface area is 206 Å². The Balaban J connectivity index is 1.43. The van der Waals surface area contributed by atoms with Crippen LogP contribution in [0.1, 0.15) is 72.6 Å². The molecule has 6 rings (SSSR count). The van der Waals surface area contributed by atoms with Gasteiger partial charge in [0.2, 0.25) is 0 Å². The summed E-state index contributed by atoms with van der Waals surface area (Å²) in [4.78, 5) is 22.1. The van der Waals surface area contributed by atoms with E-state index in [1.807, 2.05) is 41.9 Å². The number of aromatic carboxylic acids is 1. The maximum atomic E-state index is 12.3. The van der Waals surface area contributed by atoms with Crippen LogP contribution in [-0.4, -0.2) is 63.5 Å². The Morgan fingerprint density at radius 1 is 1.00 bits per heavy atom. The highest BCUT2D eigenvalue weighted by atomic mass is 16.4. The van der Waals surface area contributed by atoms with Crippen LogP contribution in [0.3, 0.4) is 0 Å². The number of aromatic nitrogens is 3. The largest absolute Gasteiger partial charge is 0.476 e. The second kappa shape index (κ2) is 9.26. The smallest absolute Gasteiger partial charge is 0.354 e. The molecule has 3 aliphatic rings. The molecule has 184 valence electrons. The van der Waals surface area contributed by atoms with Crippen LogP contribution in [0, 0.1) is 12.8 Å². The lowest BCUT2D eigenvalue weighted by Gasteiger charge is -2.37. The van der Waals surface area contributed by atoms with E-state index in [2.05, 4.69) is 9.80 Å². The second-order valence-electron chi connectivity index (χ2n) is 10.6. The van der Waals surface area contributed by atoms with Crippen molar-refractivity contribution >= 4 is 22.7 Å². The summed E-state index contributed by atoms with van der Waals surface area (Å²) in [6.07, 6.45) is 8.46. The molecule has 35 heavy (non-hydrogen) atoms. The summed E-state index contributed by atoms with van der Waals surface area (Å²) < 4.78 is 1.87. The maximum absolute atomic E-state index is 12.3. The molecule has 7 nitrogen and oxygen atoms in total. The number of hydrogen-bond donors (Lipinski definition) is 1.